The number of thioether (sulfide) groups is 1. The summed E-state index contributed by atoms with van der Waals surface area (Å²) in [6.07, 6.45) is 4.89. The van der Waals surface area contributed by atoms with E-state index in [0.29, 0.717) is 19.4 Å². The Morgan fingerprint density at radius 2 is 2.00 bits per heavy atom. The molecule has 2 fully saturated rings. The molecule has 5 N–H and O–H groups in total. The first kappa shape index (κ1) is 19.1. The summed E-state index contributed by atoms with van der Waals surface area (Å²) in [6, 6.07) is -0.570. The number of carbonyl (C=O) groups is 3. The van der Waals surface area contributed by atoms with Gasteiger partial charge in [-0.25, -0.2) is 0 Å². The molecule has 0 aromatic heterocycles. The Morgan fingerprint density at radius 1 is 1.33 bits per heavy atom. The maximum absolute atomic E-state index is 12.0. The third-order valence-electron chi connectivity index (χ3n) is 5.37. The summed E-state index contributed by atoms with van der Waals surface area (Å²) in [5.41, 5.74) is 5.66. The molecular formula is C16H26N2O5S. The molecule has 0 aromatic rings. The van der Waals surface area contributed by atoms with Crippen molar-refractivity contribution in [3.05, 3.63) is 0 Å². The van der Waals surface area contributed by atoms with E-state index < -0.39 is 23.9 Å². The number of aliphatic carboxylic acids is 2. The highest BCUT2D eigenvalue weighted by atomic mass is 32.2. The number of nitrogens with one attached hydrogen (secondary N) is 1. The van der Waals surface area contributed by atoms with Gasteiger partial charge < -0.3 is 21.3 Å². The highest BCUT2D eigenvalue weighted by Gasteiger charge is 2.67. The molecule has 0 radical (unpaired) electrons. The Morgan fingerprint density at radius 3 is 2.50 bits per heavy atom. The van der Waals surface area contributed by atoms with Gasteiger partial charge in [0.1, 0.15) is 0 Å². The van der Waals surface area contributed by atoms with Crippen LogP contribution in [0.1, 0.15) is 32.1 Å². The molecule has 2 rings (SSSR count). The van der Waals surface area contributed by atoms with Gasteiger partial charge in [0.05, 0.1) is 12.0 Å². The largest absolute Gasteiger partial charge is 0.481 e. The summed E-state index contributed by atoms with van der Waals surface area (Å²) in [5.74, 6) is -1.77. The van der Waals surface area contributed by atoms with Gasteiger partial charge in [-0.2, -0.15) is 11.8 Å². The number of hydrogen-bond acceptors (Lipinski definition) is 5. The van der Waals surface area contributed by atoms with E-state index in [2.05, 4.69) is 5.32 Å². The number of amides is 1. The van der Waals surface area contributed by atoms with Crippen molar-refractivity contribution in [1.82, 2.24) is 5.32 Å². The lowest BCUT2D eigenvalue weighted by Crippen LogP contribution is -2.42. The molecule has 2 aliphatic carbocycles. The summed E-state index contributed by atoms with van der Waals surface area (Å²) < 4.78 is 0. The number of hydrogen-bond donors (Lipinski definition) is 4. The van der Waals surface area contributed by atoms with Crippen molar-refractivity contribution in [2.45, 2.75) is 38.1 Å². The van der Waals surface area contributed by atoms with Gasteiger partial charge in [0, 0.05) is 13.0 Å². The minimum absolute atomic E-state index is 0.0305. The van der Waals surface area contributed by atoms with Gasteiger partial charge >= 0.3 is 11.9 Å². The van der Waals surface area contributed by atoms with Crippen LogP contribution < -0.4 is 11.1 Å². The van der Waals surface area contributed by atoms with Crippen LogP contribution in [0.5, 0.6) is 0 Å². The van der Waals surface area contributed by atoms with Crippen molar-refractivity contribution in [3.63, 3.8) is 0 Å². The zero-order chi connectivity index (χ0) is 17.9. The molecule has 136 valence electrons. The third-order valence-corrected chi connectivity index (χ3v) is 6.02. The lowest BCUT2D eigenvalue weighted by Gasteiger charge is -2.15. The number of carbonyl (C=O) groups excluding carboxylic acids is 1. The van der Waals surface area contributed by atoms with Crippen LogP contribution in [0, 0.1) is 23.2 Å². The smallest absolute Gasteiger partial charge is 0.307 e. The second-order valence-electron chi connectivity index (χ2n) is 6.94. The van der Waals surface area contributed by atoms with E-state index in [1.165, 1.54) is 0 Å². The SMILES string of the molecule is CSCC[C@H](N)C(=O)NC[C@@H]1[C@@H](C(=O)O)[C@@H]1C1(CCC(=O)O)CC1. The van der Waals surface area contributed by atoms with Crippen LogP contribution >= 0.6 is 11.8 Å². The monoisotopic (exact) mass is 358 g/mol. The molecule has 0 aliphatic heterocycles. The number of carboxylic acid groups (broad SMARTS) is 2. The van der Waals surface area contributed by atoms with Crippen molar-refractivity contribution >= 4 is 29.6 Å². The summed E-state index contributed by atoms with van der Waals surface area (Å²) in [5, 5.41) is 21.0. The maximum atomic E-state index is 12.0. The first-order valence-electron chi connectivity index (χ1n) is 8.29. The summed E-state index contributed by atoms with van der Waals surface area (Å²) in [4.78, 5) is 34.2. The fraction of sp³-hybridized carbons (Fsp3) is 0.812. The van der Waals surface area contributed by atoms with Crippen molar-refractivity contribution in [2.24, 2.45) is 28.9 Å². The van der Waals surface area contributed by atoms with Crippen molar-refractivity contribution < 1.29 is 24.6 Å². The minimum Gasteiger partial charge on any atom is -0.481 e. The Balaban J connectivity index is 1.87. The predicted molar refractivity (Wildman–Crippen MR) is 90.6 cm³/mol. The second-order valence-corrected chi connectivity index (χ2v) is 7.93. The predicted octanol–water partition coefficient (Wildman–Crippen LogP) is 0.775. The van der Waals surface area contributed by atoms with E-state index in [1.54, 1.807) is 11.8 Å². The normalized spacial score (nSPS) is 28.0. The van der Waals surface area contributed by atoms with E-state index in [4.69, 9.17) is 10.8 Å². The van der Waals surface area contributed by atoms with Gasteiger partial charge in [-0.05, 0) is 54.9 Å². The maximum Gasteiger partial charge on any atom is 0.307 e. The van der Waals surface area contributed by atoms with Crippen LogP contribution in [0.25, 0.3) is 0 Å². The molecule has 0 spiro atoms. The molecule has 4 atom stereocenters. The Labute approximate surface area is 145 Å². The van der Waals surface area contributed by atoms with Gasteiger partial charge in [-0.15, -0.1) is 0 Å². The molecule has 2 aliphatic rings. The Hall–Kier alpha value is -1.28. The summed E-state index contributed by atoms with van der Waals surface area (Å²) in [6.45, 7) is 0.308. The van der Waals surface area contributed by atoms with Crippen molar-refractivity contribution in [3.8, 4) is 0 Å². The highest BCUT2D eigenvalue weighted by molar-refractivity contribution is 7.98. The molecule has 0 bridgehead atoms. The second kappa shape index (κ2) is 7.74. The van der Waals surface area contributed by atoms with Gasteiger partial charge in [0.2, 0.25) is 5.91 Å². The summed E-state index contributed by atoms with van der Waals surface area (Å²) in [7, 11) is 0. The lowest BCUT2D eigenvalue weighted by molar-refractivity contribution is -0.139. The lowest BCUT2D eigenvalue weighted by atomic mass is 9.92. The fourth-order valence-electron chi connectivity index (χ4n) is 3.79. The molecule has 0 aromatic carbocycles. The molecule has 8 heteroatoms. The average molecular weight is 358 g/mol. The van der Waals surface area contributed by atoms with Crippen LogP contribution in [-0.4, -0.2) is 52.7 Å². The molecular weight excluding hydrogens is 332 g/mol. The highest BCUT2D eigenvalue weighted by Crippen LogP contribution is 2.69. The minimum atomic E-state index is -0.854. The van der Waals surface area contributed by atoms with E-state index in [9.17, 15) is 19.5 Å². The molecule has 24 heavy (non-hydrogen) atoms. The fourth-order valence-corrected chi connectivity index (χ4v) is 4.28. The van der Waals surface area contributed by atoms with E-state index >= 15 is 0 Å². The van der Waals surface area contributed by atoms with Crippen LogP contribution in [0.3, 0.4) is 0 Å². The molecule has 0 heterocycles. The van der Waals surface area contributed by atoms with Crippen molar-refractivity contribution in [1.29, 1.82) is 0 Å². The van der Waals surface area contributed by atoms with Gasteiger partial charge in [-0.3, -0.25) is 14.4 Å². The Bertz CT molecular complexity index is 509. The van der Waals surface area contributed by atoms with Crippen LogP contribution in [-0.2, 0) is 14.4 Å². The molecule has 0 saturated heterocycles. The van der Waals surface area contributed by atoms with Gasteiger partial charge in [0.15, 0.2) is 0 Å². The zero-order valence-corrected chi connectivity index (χ0v) is 14.7. The van der Waals surface area contributed by atoms with Gasteiger partial charge in [0.25, 0.3) is 0 Å². The molecule has 7 nitrogen and oxygen atoms in total. The summed E-state index contributed by atoms with van der Waals surface area (Å²) >= 11 is 1.62. The van der Waals surface area contributed by atoms with Gasteiger partial charge in [-0.1, -0.05) is 0 Å². The first-order chi connectivity index (χ1) is 11.3. The van der Waals surface area contributed by atoms with Crippen LogP contribution in [0.4, 0.5) is 0 Å². The van der Waals surface area contributed by atoms with Crippen LogP contribution in [0.2, 0.25) is 0 Å². The first-order valence-corrected chi connectivity index (χ1v) is 9.68. The van der Waals surface area contributed by atoms with E-state index in [1.807, 2.05) is 6.26 Å². The standard InChI is InChI=1S/C16H26N2O5S/c1-24-7-3-10(17)14(21)18-8-9-12(15(22)23)13(9)16(5-6-16)4-2-11(19)20/h9-10,12-13H,2-8,17H2,1H3,(H,18,21)(H,19,20)(H,22,23)/t9-,10+,12-,13-/m1/s1. The van der Waals surface area contributed by atoms with Crippen LogP contribution in [0.15, 0.2) is 0 Å². The van der Waals surface area contributed by atoms with E-state index in [0.717, 1.165) is 18.6 Å². The number of rotatable bonds is 11. The topological polar surface area (TPSA) is 130 Å². The third kappa shape index (κ3) is 4.42. The number of nitrogens with two attached hydrogens (primary N) is 1. The molecule has 1 amide bonds. The number of carboxylic acids is 2. The van der Waals surface area contributed by atoms with E-state index in [-0.39, 0.29) is 29.6 Å². The average Bonchev–Trinajstić information content (AvgIpc) is 3.41. The zero-order valence-electron chi connectivity index (χ0n) is 13.9. The van der Waals surface area contributed by atoms with Crippen molar-refractivity contribution in [2.75, 3.05) is 18.6 Å². The Kier molecular flexibility index (Phi) is 6.14. The quantitative estimate of drug-likeness (QED) is 0.429. The molecule has 2 saturated carbocycles. The molecule has 0 unspecified atom stereocenters.